The molecule has 0 aromatic carbocycles. The van der Waals surface area contributed by atoms with Crippen LogP contribution in [-0.2, 0) is 4.79 Å². The van der Waals surface area contributed by atoms with Gasteiger partial charge in [-0.15, -0.1) is 0 Å². The number of nitrogens with one attached hydrogen (secondary N) is 1. The third kappa shape index (κ3) is 0.934. The van der Waals surface area contributed by atoms with Crippen molar-refractivity contribution in [2.24, 2.45) is 4.99 Å². The van der Waals surface area contributed by atoms with Gasteiger partial charge in [-0.3, -0.25) is 4.79 Å². The molecule has 1 aliphatic heterocycles. The summed E-state index contributed by atoms with van der Waals surface area (Å²) < 4.78 is 5.03. The summed E-state index contributed by atoms with van der Waals surface area (Å²) in [6, 6.07) is 3.45. The average molecular weight is 162 g/mol. The third-order valence-corrected chi connectivity index (χ3v) is 1.50. The molecule has 1 aliphatic rings. The predicted octanol–water partition coefficient (Wildman–Crippen LogP) is 0.670. The molecule has 1 aromatic heterocycles. The van der Waals surface area contributed by atoms with Crippen LogP contribution in [0.5, 0.6) is 0 Å². The van der Waals surface area contributed by atoms with Gasteiger partial charge in [0, 0.05) is 0 Å². The highest BCUT2D eigenvalue weighted by Crippen LogP contribution is 2.08. The largest absolute Gasteiger partial charge is 0.461 e. The van der Waals surface area contributed by atoms with Crippen LogP contribution in [-0.4, -0.2) is 11.7 Å². The molecular formula is C8H6N2O2. The second-order valence-electron chi connectivity index (χ2n) is 2.34. The fourth-order valence-electron chi connectivity index (χ4n) is 0.923. The lowest BCUT2D eigenvalue weighted by Gasteiger charge is -1.92. The fraction of sp³-hybridized carbons (Fsp3) is 0. The predicted molar refractivity (Wildman–Crippen MR) is 42.5 cm³/mol. The minimum Gasteiger partial charge on any atom is -0.461 e. The summed E-state index contributed by atoms with van der Waals surface area (Å²) >= 11 is 0. The van der Waals surface area contributed by atoms with E-state index in [-0.39, 0.29) is 11.6 Å². The van der Waals surface area contributed by atoms with Gasteiger partial charge in [0.15, 0.2) is 11.6 Å². The van der Waals surface area contributed by atoms with Crippen LogP contribution in [0.15, 0.2) is 40.1 Å². The Morgan fingerprint density at radius 3 is 2.92 bits per heavy atom. The molecule has 4 nitrogen and oxygen atoms in total. The molecule has 0 spiro atoms. The zero-order chi connectivity index (χ0) is 8.55. The molecule has 4 heteroatoms. The number of hydrogen-bond donors (Lipinski definition) is 1. The maximum atomic E-state index is 10.9. The topological polar surface area (TPSA) is 54.6 Å². The molecule has 0 radical (unpaired) electrons. The highest BCUT2D eigenvalue weighted by molar-refractivity contribution is 6.17. The van der Waals surface area contributed by atoms with E-state index in [0.717, 1.165) is 0 Å². The van der Waals surface area contributed by atoms with Crippen LogP contribution in [0.1, 0.15) is 5.76 Å². The fourth-order valence-corrected chi connectivity index (χ4v) is 0.923. The SMILES string of the molecule is C=C1N=C(c2ccco2)NC1=O. The van der Waals surface area contributed by atoms with Crippen molar-refractivity contribution in [1.29, 1.82) is 0 Å². The monoisotopic (exact) mass is 162 g/mol. The molecule has 0 atom stereocenters. The van der Waals surface area contributed by atoms with Crippen LogP contribution in [0.3, 0.4) is 0 Å². The summed E-state index contributed by atoms with van der Waals surface area (Å²) in [6.07, 6.45) is 1.52. The van der Waals surface area contributed by atoms with Crippen molar-refractivity contribution in [3.05, 3.63) is 36.4 Å². The van der Waals surface area contributed by atoms with Gasteiger partial charge in [-0.25, -0.2) is 4.99 Å². The van der Waals surface area contributed by atoms with Crippen molar-refractivity contribution in [1.82, 2.24) is 5.32 Å². The molecule has 12 heavy (non-hydrogen) atoms. The number of aliphatic imine (C=N–C) groups is 1. The van der Waals surface area contributed by atoms with Crippen molar-refractivity contribution < 1.29 is 9.21 Å². The van der Waals surface area contributed by atoms with E-state index in [4.69, 9.17) is 4.42 Å². The highest BCUT2D eigenvalue weighted by atomic mass is 16.3. The molecule has 2 rings (SSSR count). The van der Waals surface area contributed by atoms with Crippen molar-refractivity contribution in [2.45, 2.75) is 0 Å². The van der Waals surface area contributed by atoms with Gasteiger partial charge < -0.3 is 9.73 Å². The molecular weight excluding hydrogens is 156 g/mol. The summed E-state index contributed by atoms with van der Waals surface area (Å²) in [6.45, 7) is 3.45. The first kappa shape index (κ1) is 6.84. The van der Waals surface area contributed by atoms with Gasteiger partial charge in [0.2, 0.25) is 0 Å². The Bertz CT molecular complexity index is 362. The molecule has 0 unspecified atom stereocenters. The van der Waals surface area contributed by atoms with Crippen molar-refractivity contribution in [2.75, 3.05) is 0 Å². The van der Waals surface area contributed by atoms with E-state index in [1.54, 1.807) is 12.1 Å². The second kappa shape index (κ2) is 2.34. The summed E-state index contributed by atoms with van der Waals surface area (Å²) in [5.74, 6) is 0.693. The standard InChI is InChI=1S/C8H6N2O2/c1-5-8(11)10-7(9-5)6-3-2-4-12-6/h2-4H,1H2,(H,9,10,11). The Hall–Kier alpha value is -1.84. The molecule has 1 aromatic rings. The second-order valence-corrected chi connectivity index (χ2v) is 2.34. The maximum Gasteiger partial charge on any atom is 0.274 e. The van der Waals surface area contributed by atoms with Gasteiger partial charge in [-0.05, 0) is 12.1 Å². The first-order valence-corrected chi connectivity index (χ1v) is 3.40. The molecule has 1 N–H and O–H groups in total. The van der Waals surface area contributed by atoms with Crippen LogP contribution >= 0.6 is 0 Å². The maximum absolute atomic E-state index is 10.9. The summed E-state index contributed by atoms with van der Waals surface area (Å²) in [7, 11) is 0. The minimum absolute atomic E-state index is 0.210. The molecule has 0 fully saturated rings. The van der Waals surface area contributed by atoms with Gasteiger partial charge in [0.25, 0.3) is 5.91 Å². The lowest BCUT2D eigenvalue weighted by Crippen LogP contribution is -2.24. The van der Waals surface area contributed by atoms with Gasteiger partial charge in [0.05, 0.1) is 6.26 Å². The minimum atomic E-state index is -0.276. The van der Waals surface area contributed by atoms with Crippen LogP contribution in [0.2, 0.25) is 0 Å². The van der Waals surface area contributed by atoms with Gasteiger partial charge >= 0.3 is 0 Å². The van der Waals surface area contributed by atoms with E-state index in [9.17, 15) is 4.79 Å². The van der Waals surface area contributed by atoms with Gasteiger partial charge in [-0.2, -0.15) is 0 Å². The lowest BCUT2D eigenvalue weighted by atomic mass is 10.4. The number of carbonyl (C=O) groups is 1. The first-order chi connectivity index (χ1) is 5.77. The first-order valence-electron chi connectivity index (χ1n) is 3.40. The molecule has 0 aliphatic carbocycles. The smallest absolute Gasteiger partial charge is 0.274 e. The van der Waals surface area contributed by atoms with Crippen LogP contribution in [0.4, 0.5) is 0 Å². The summed E-state index contributed by atoms with van der Waals surface area (Å²) in [5.41, 5.74) is 0.210. The van der Waals surface area contributed by atoms with E-state index in [1.165, 1.54) is 6.26 Å². The number of rotatable bonds is 1. The van der Waals surface area contributed by atoms with E-state index in [1.807, 2.05) is 0 Å². The third-order valence-electron chi connectivity index (χ3n) is 1.50. The van der Waals surface area contributed by atoms with E-state index in [2.05, 4.69) is 16.9 Å². The van der Waals surface area contributed by atoms with E-state index >= 15 is 0 Å². The summed E-state index contributed by atoms with van der Waals surface area (Å²) in [4.78, 5) is 14.8. The van der Waals surface area contributed by atoms with Gasteiger partial charge in [0.1, 0.15) is 5.70 Å². The summed E-state index contributed by atoms with van der Waals surface area (Å²) in [5, 5.41) is 2.52. The average Bonchev–Trinajstić information content (AvgIpc) is 2.61. The number of amidine groups is 1. The number of hydrogen-bond acceptors (Lipinski definition) is 3. The zero-order valence-corrected chi connectivity index (χ0v) is 6.20. The van der Waals surface area contributed by atoms with Crippen molar-refractivity contribution >= 4 is 11.7 Å². The molecule has 0 bridgehead atoms. The number of amides is 1. The number of furan rings is 1. The molecule has 1 amide bonds. The lowest BCUT2D eigenvalue weighted by molar-refractivity contribution is -0.115. The Morgan fingerprint density at radius 1 is 1.58 bits per heavy atom. The van der Waals surface area contributed by atoms with E-state index < -0.39 is 0 Å². The van der Waals surface area contributed by atoms with E-state index in [0.29, 0.717) is 11.6 Å². The Morgan fingerprint density at radius 2 is 2.42 bits per heavy atom. The van der Waals surface area contributed by atoms with Crippen LogP contribution < -0.4 is 5.32 Å². The molecule has 60 valence electrons. The zero-order valence-electron chi connectivity index (χ0n) is 6.20. The van der Waals surface area contributed by atoms with Crippen molar-refractivity contribution in [3.63, 3.8) is 0 Å². The Balaban J connectivity index is 2.35. The van der Waals surface area contributed by atoms with Crippen LogP contribution in [0.25, 0.3) is 0 Å². The number of nitrogens with zero attached hydrogens (tertiary/aromatic N) is 1. The molecule has 0 saturated heterocycles. The van der Waals surface area contributed by atoms with Gasteiger partial charge in [-0.1, -0.05) is 6.58 Å². The highest BCUT2D eigenvalue weighted by Gasteiger charge is 2.20. The van der Waals surface area contributed by atoms with Crippen LogP contribution in [0, 0.1) is 0 Å². The number of carbonyl (C=O) groups excluding carboxylic acids is 1. The van der Waals surface area contributed by atoms with Crippen molar-refractivity contribution in [3.8, 4) is 0 Å². The normalized spacial score (nSPS) is 16.2. The Kier molecular flexibility index (Phi) is 1.33. The quantitative estimate of drug-likeness (QED) is 0.617. The molecule has 2 heterocycles. The Labute approximate surface area is 68.6 Å². The molecule has 0 saturated carbocycles.